The lowest BCUT2D eigenvalue weighted by atomic mass is 9.97. The summed E-state index contributed by atoms with van der Waals surface area (Å²) in [6, 6.07) is 4.40. The van der Waals surface area contributed by atoms with E-state index in [1.54, 1.807) is 12.1 Å². The van der Waals surface area contributed by atoms with Gasteiger partial charge in [0.05, 0.1) is 6.61 Å². The first-order chi connectivity index (χ1) is 9.99. The van der Waals surface area contributed by atoms with Gasteiger partial charge < -0.3 is 15.2 Å². The van der Waals surface area contributed by atoms with Gasteiger partial charge in [-0.2, -0.15) is 0 Å². The standard InChI is InChI=1S/C16H21NO4/c1-10-4-3-5-13(11(10)2)15(16(19)20)17-14(18)9-21-8-12-6-7-12/h3-5,12,15H,6-9H2,1-2H3,(H,17,18)(H,19,20). The first kappa shape index (κ1) is 15.5. The number of carboxylic acid groups (broad SMARTS) is 1. The van der Waals surface area contributed by atoms with Gasteiger partial charge in [-0.1, -0.05) is 18.2 Å². The average molecular weight is 291 g/mol. The fraction of sp³-hybridized carbons (Fsp3) is 0.500. The van der Waals surface area contributed by atoms with Crippen LogP contribution in [-0.4, -0.2) is 30.2 Å². The fourth-order valence-electron chi connectivity index (χ4n) is 2.16. The average Bonchev–Trinajstić information content (AvgIpc) is 3.23. The topological polar surface area (TPSA) is 75.6 Å². The van der Waals surface area contributed by atoms with Crippen molar-refractivity contribution in [1.29, 1.82) is 0 Å². The van der Waals surface area contributed by atoms with Crippen molar-refractivity contribution in [2.75, 3.05) is 13.2 Å². The molecule has 1 aliphatic rings. The second-order valence-electron chi connectivity index (χ2n) is 5.59. The highest BCUT2D eigenvalue weighted by Crippen LogP contribution is 2.28. The zero-order valence-corrected chi connectivity index (χ0v) is 12.4. The molecule has 5 nitrogen and oxygen atoms in total. The number of aryl methyl sites for hydroxylation is 1. The Balaban J connectivity index is 1.99. The molecule has 1 saturated carbocycles. The Morgan fingerprint density at radius 3 is 2.71 bits per heavy atom. The molecule has 1 aromatic carbocycles. The van der Waals surface area contributed by atoms with Crippen LogP contribution in [0.25, 0.3) is 0 Å². The van der Waals surface area contributed by atoms with E-state index in [0.717, 1.165) is 24.0 Å². The first-order valence-electron chi connectivity index (χ1n) is 7.15. The van der Waals surface area contributed by atoms with E-state index >= 15 is 0 Å². The quantitative estimate of drug-likeness (QED) is 0.805. The van der Waals surface area contributed by atoms with Gasteiger partial charge in [-0.25, -0.2) is 4.79 Å². The van der Waals surface area contributed by atoms with Crippen LogP contribution in [0.5, 0.6) is 0 Å². The number of benzene rings is 1. The lowest BCUT2D eigenvalue weighted by molar-refractivity contribution is -0.142. The third kappa shape index (κ3) is 4.29. The molecule has 0 aromatic heterocycles. The Hall–Kier alpha value is -1.88. The van der Waals surface area contributed by atoms with Gasteiger partial charge >= 0.3 is 5.97 Å². The number of carbonyl (C=O) groups excluding carboxylic acids is 1. The molecule has 1 unspecified atom stereocenters. The van der Waals surface area contributed by atoms with E-state index in [1.807, 2.05) is 19.9 Å². The van der Waals surface area contributed by atoms with Crippen LogP contribution >= 0.6 is 0 Å². The number of ether oxygens (including phenoxy) is 1. The van der Waals surface area contributed by atoms with Gasteiger partial charge in [0.2, 0.25) is 5.91 Å². The molecule has 1 amide bonds. The molecule has 0 heterocycles. The number of hydrogen-bond acceptors (Lipinski definition) is 3. The van der Waals surface area contributed by atoms with Crippen molar-refractivity contribution in [2.24, 2.45) is 5.92 Å². The number of carbonyl (C=O) groups is 2. The SMILES string of the molecule is Cc1cccc(C(NC(=O)COCC2CC2)C(=O)O)c1C. The molecular formula is C16H21NO4. The number of hydrogen-bond donors (Lipinski definition) is 2. The van der Waals surface area contributed by atoms with E-state index in [9.17, 15) is 14.7 Å². The molecule has 0 aliphatic heterocycles. The van der Waals surface area contributed by atoms with Crippen molar-refractivity contribution in [3.63, 3.8) is 0 Å². The van der Waals surface area contributed by atoms with Crippen molar-refractivity contribution in [2.45, 2.75) is 32.7 Å². The molecule has 0 bridgehead atoms. The maximum Gasteiger partial charge on any atom is 0.330 e. The predicted octanol–water partition coefficient (Wildman–Crippen LogP) is 1.97. The molecule has 1 atom stereocenters. The highest BCUT2D eigenvalue weighted by atomic mass is 16.5. The minimum Gasteiger partial charge on any atom is -0.479 e. The van der Waals surface area contributed by atoms with Gasteiger partial charge in [0.15, 0.2) is 6.04 Å². The lowest BCUT2D eigenvalue weighted by Crippen LogP contribution is -2.36. The highest BCUT2D eigenvalue weighted by molar-refractivity contribution is 5.85. The third-order valence-corrected chi connectivity index (χ3v) is 3.79. The van der Waals surface area contributed by atoms with Gasteiger partial charge in [0, 0.05) is 0 Å². The number of aliphatic carboxylic acids is 1. The minimum absolute atomic E-state index is 0.0921. The molecule has 21 heavy (non-hydrogen) atoms. The van der Waals surface area contributed by atoms with Crippen LogP contribution in [-0.2, 0) is 14.3 Å². The van der Waals surface area contributed by atoms with E-state index in [2.05, 4.69) is 5.32 Å². The lowest BCUT2D eigenvalue weighted by Gasteiger charge is -2.18. The zero-order valence-electron chi connectivity index (χ0n) is 12.4. The Kier molecular flexibility index (Phi) is 4.96. The molecule has 0 radical (unpaired) electrons. The van der Waals surface area contributed by atoms with Gasteiger partial charge in [-0.3, -0.25) is 4.79 Å². The zero-order chi connectivity index (χ0) is 15.4. The molecule has 0 saturated heterocycles. The Morgan fingerprint density at radius 2 is 2.10 bits per heavy atom. The monoisotopic (exact) mass is 291 g/mol. The number of nitrogens with one attached hydrogen (secondary N) is 1. The molecule has 1 aromatic rings. The summed E-state index contributed by atoms with van der Waals surface area (Å²) in [4.78, 5) is 23.3. The molecule has 2 rings (SSSR count). The van der Waals surface area contributed by atoms with Crippen LogP contribution in [0.1, 0.15) is 35.6 Å². The summed E-state index contributed by atoms with van der Waals surface area (Å²) in [5, 5.41) is 11.9. The second kappa shape index (κ2) is 6.72. The molecule has 1 fully saturated rings. The van der Waals surface area contributed by atoms with E-state index in [-0.39, 0.29) is 6.61 Å². The molecule has 114 valence electrons. The van der Waals surface area contributed by atoms with Gasteiger partial charge in [0.1, 0.15) is 6.61 Å². The predicted molar refractivity (Wildman–Crippen MR) is 78.0 cm³/mol. The van der Waals surface area contributed by atoms with E-state index in [0.29, 0.717) is 18.1 Å². The summed E-state index contributed by atoms with van der Waals surface area (Å²) >= 11 is 0. The molecule has 5 heteroatoms. The van der Waals surface area contributed by atoms with Crippen molar-refractivity contribution < 1.29 is 19.4 Å². The maximum atomic E-state index is 11.8. The number of amides is 1. The highest BCUT2D eigenvalue weighted by Gasteiger charge is 2.25. The van der Waals surface area contributed by atoms with Crippen molar-refractivity contribution in [1.82, 2.24) is 5.32 Å². The van der Waals surface area contributed by atoms with Crippen LogP contribution in [0.4, 0.5) is 0 Å². The van der Waals surface area contributed by atoms with Gasteiger partial charge in [-0.05, 0) is 49.3 Å². The Labute approximate surface area is 124 Å². The number of rotatable bonds is 7. The molecule has 0 spiro atoms. The summed E-state index contributed by atoms with van der Waals surface area (Å²) in [5.41, 5.74) is 2.49. The van der Waals surface area contributed by atoms with E-state index < -0.39 is 17.9 Å². The van der Waals surface area contributed by atoms with Crippen LogP contribution in [0.2, 0.25) is 0 Å². The van der Waals surface area contributed by atoms with Crippen LogP contribution in [0, 0.1) is 19.8 Å². The largest absolute Gasteiger partial charge is 0.479 e. The smallest absolute Gasteiger partial charge is 0.330 e. The maximum absolute atomic E-state index is 11.8. The molecule has 1 aliphatic carbocycles. The molecule has 2 N–H and O–H groups in total. The summed E-state index contributed by atoms with van der Waals surface area (Å²) in [6.07, 6.45) is 2.31. The fourth-order valence-corrected chi connectivity index (χ4v) is 2.16. The Bertz CT molecular complexity index is 537. The van der Waals surface area contributed by atoms with Crippen LogP contribution in [0.15, 0.2) is 18.2 Å². The summed E-state index contributed by atoms with van der Waals surface area (Å²) < 4.78 is 5.28. The van der Waals surface area contributed by atoms with E-state index in [4.69, 9.17) is 4.74 Å². The van der Waals surface area contributed by atoms with Crippen molar-refractivity contribution in [3.05, 3.63) is 34.9 Å². The van der Waals surface area contributed by atoms with Crippen molar-refractivity contribution >= 4 is 11.9 Å². The second-order valence-corrected chi connectivity index (χ2v) is 5.59. The summed E-state index contributed by atoms with van der Waals surface area (Å²) in [5.74, 6) is -0.893. The normalized spacial score (nSPS) is 15.5. The summed E-state index contributed by atoms with van der Waals surface area (Å²) in [7, 11) is 0. The number of carboxylic acids is 1. The third-order valence-electron chi connectivity index (χ3n) is 3.79. The minimum atomic E-state index is -1.07. The first-order valence-corrected chi connectivity index (χ1v) is 7.15. The van der Waals surface area contributed by atoms with Gasteiger partial charge in [-0.15, -0.1) is 0 Å². The van der Waals surface area contributed by atoms with Crippen LogP contribution in [0.3, 0.4) is 0 Å². The summed E-state index contributed by atoms with van der Waals surface area (Å²) in [6.45, 7) is 4.26. The van der Waals surface area contributed by atoms with E-state index in [1.165, 1.54) is 0 Å². The van der Waals surface area contributed by atoms with Crippen molar-refractivity contribution in [3.8, 4) is 0 Å². The molecular weight excluding hydrogens is 270 g/mol. The van der Waals surface area contributed by atoms with Crippen LogP contribution < -0.4 is 5.32 Å². The Morgan fingerprint density at radius 1 is 1.38 bits per heavy atom. The van der Waals surface area contributed by atoms with Gasteiger partial charge in [0.25, 0.3) is 0 Å².